The van der Waals surface area contributed by atoms with Crippen molar-refractivity contribution in [2.45, 2.75) is 18.6 Å². The fourth-order valence-corrected chi connectivity index (χ4v) is 5.39. The Kier molecular flexibility index (Phi) is 8.17. The normalized spacial score (nSPS) is 15.4. The molecule has 9 heteroatoms. The number of nitrogens with zero attached hydrogens (tertiary/aromatic N) is 1. The third kappa shape index (κ3) is 6.35. The number of ether oxygens (including phenoxy) is 2. The SMILES string of the molecule is COc1ccccc1OCCNC(=O)C1CCN(S(=O)(=O)Cc2ccccc2Cl)CC1. The summed E-state index contributed by atoms with van der Waals surface area (Å²) in [7, 11) is -1.91. The molecular weight excluding hydrogens is 440 g/mol. The molecule has 0 saturated carbocycles. The van der Waals surface area contributed by atoms with Crippen LogP contribution in [0, 0.1) is 5.92 Å². The maximum absolute atomic E-state index is 12.7. The minimum Gasteiger partial charge on any atom is -0.493 e. The Morgan fingerprint density at radius 2 is 1.74 bits per heavy atom. The van der Waals surface area contributed by atoms with Crippen molar-refractivity contribution >= 4 is 27.5 Å². The molecule has 1 N–H and O–H groups in total. The van der Waals surface area contributed by atoms with Crippen LogP contribution >= 0.6 is 11.6 Å². The first kappa shape index (κ1) is 23.4. The Balaban J connectivity index is 1.42. The van der Waals surface area contributed by atoms with Crippen LogP contribution in [0.5, 0.6) is 11.5 Å². The molecule has 1 fully saturated rings. The number of amides is 1. The lowest BCUT2D eigenvalue weighted by atomic mass is 9.97. The average Bonchev–Trinajstić information content (AvgIpc) is 2.78. The van der Waals surface area contributed by atoms with Crippen LogP contribution in [-0.4, -0.2) is 52.0 Å². The van der Waals surface area contributed by atoms with Crippen LogP contribution in [0.3, 0.4) is 0 Å². The summed E-state index contributed by atoms with van der Waals surface area (Å²) in [4.78, 5) is 12.4. The zero-order valence-electron chi connectivity index (χ0n) is 17.4. The lowest BCUT2D eigenvalue weighted by Crippen LogP contribution is -2.44. The van der Waals surface area contributed by atoms with Crippen molar-refractivity contribution in [2.24, 2.45) is 5.92 Å². The number of rotatable bonds is 9. The van der Waals surface area contributed by atoms with E-state index in [1.807, 2.05) is 18.2 Å². The van der Waals surface area contributed by atoms with E-state index in [4.69, 9.17) is 21.1 Å². The molecule has 2 aromatic carbocycles. The van der Waals surface area contributed by atoms with Crippen molar-refractivity contribution in [3.63, 3.8) is 0 Å². The predicted octanol–water partition coefficient (Wildman–Crippen LogP) is 3.09. The van der Waals surface area contributed by atoms with Gasteiger partial charge in [-0.25, -0.2) is 12.7 Å². The smallest absolute Gasteiger partial charge is 0.223 e. The number of para-hydroxylation sites is 2. The third-order valence-electron chi connectivity index (χ3n) is 5.24. The van der Waals surface area contributed by atoms with Crippen LogP contribution in [0.2, 0.25) is 5.02 Å². The average molecular weight is 467 g/mol. The zero-order valence-corrected chi connectivity index (χ0v) is 19.0. The predicted molar refractivity (Wildman–Crippen MR) is 120 cm³/mol. The second-order valence-electron chi connectivity index (χ2n) is 7.31. The highest BCUT2D eigenvalue weighted by Gasteiger charge is 2.31. The van der Waals surface area contributed by atoms with E-state index >= 15 is 0 Å². The highest BCUT2D eigenvalue weighted by atomic mass is 35.5. The number of halogens is 1. The van der Waals surface area contributed by atoms with Gasteiger partial charge < -0.3 is 14.8 Å². The molecule has 168 valence electrons. The number of hydrogen-bond acceptors (Lipinski definition) is 5. The molecule has 0 aliphatic carbocycles. The van der Waals surface area contributed by atoms with Crippen molar-refractivity contribution in [2.75, 3.05) is 33.4 Å². The highest BCUT2D eigenvalue weighted by molar-refractivity contribution is 7.88. The van der Waals surface area contributed by atoms with Crippen LogP contribution in [0.15, 0.2) is 48.5 Å². The Morgan fingerprint density at radius 1 is 1.10 bits per heavy atom. The molecule has 1 aliphatic rings. The summed E-state index contributed by atoms with van der Waals surface area (Å²) in [5.74, 6) is 0.837. The van der Waals surface area contributed by atoms with Crippen molar-refractivity contribution in [1.82, 2.24) is 9.62 Å². The number of hydrogen-bond donors (Lipinski definition) is 1. The van der Waals surface area contributed by atoms with E-state index in [0.29, 0.717) is 61.2 Å². The molecule has 1 aliphatic heterocycles. The number of methoxy groups -OCH3 is 1. The lowest BCUT2D eigenvalue weighted by Gasteiger charge is -2.30. The van der Waals surface area contributed by atoms with Crippen molar-refractivity contribution < 1.29 is 22.7 Å². The molecule has 1 amide bonds. The van der Waals surface area contributed by atoms with E-state index in [2.05, 4.69) is 5.32 Å². The summed E-state index contributed by atoms with van der Waals surface area (Å²) in [6, 6.07) is 14.3. The molecule has 2 aromatic rings. The molecule has 0 unspecified atom stereocenters. The van der Waals surface area contributed by atoms with Gasteiger partial charge in [0.2, 0.25) is 15.9 Å². The number of piperidine rings is 1. The van der Waals surface area contributed by atoms with Gasteiger partial charge in [-0.1, -0.05) is 41.9 Å². The van der Waals surface area contributed by atoms with Crippen molar-refractivity contribution in [3.05, 3.63) is 59.1 Å². The fourth-order valence-electron chi connectivity index (χ4n) is 3.52. The van der Waals surface area contributed by atoms with Gasteiger partial charge in [-0.15, -0.1) is 0 Å². The molecule has 3 rings (SSSR count). The second kappa shape index (κ2) is 10.8. The van der Waals surface area contributed by atoms with E-state index in [1.54, 1.807) is 37.4 Å². The first-order chi connectivity index (χ1) is 14.9. The maximum atomic E-state index is 12.7. The van der Waals surface area contributed by atoms with Crippen LogP contribution in [-0.2, 0) is 20.6 Å². The summed E-state index contributed by atoms with van der Waals surface area (Å²) in [6.07, 6.45) is 0.974. The number of benzene rings is 2. The molecular formula is C22H27ClN2O5S. The Hall–Kier alpha value is -2.29. The Bertz CT molecular complexity index is 991. The number of carbonyl (C=O) groups excluding carboxylic acids is 1. The van der Waals surface area contributed by atoms with Gasteiger partial charge >= 0.3 is 0 Å². The molecule has 1 saturated heterocycles. The van der Waals surface area contributed by atoms with Gasteiger partial charge in [0.25, 0.3) is 0 Å². The zero-order chi connectivity index (χ0) is 22.3. The summed E-state index contributed by atoms with van der Waals surface area (Å²) < 4.78 is 37.8. The van der Waals surface area contributed by atoms with E-state index in [-0.39, 0.29) is 17.6 Å². The van der Waals surface area contributed by atoms with Crippen LogP contribution in [0.25, 0.3) is 0 Å². The second-order valence-corrected chi connectivity index (χ2v) is 9.69. The first-order valence-electron chi connectivity index (χ1n) is 10.2. The standard InChI is InChI=1S/C22H27ClN2O5S/c1-29-20-8-4-5-9-21(20)30-15-12-24-22(26)17-10-13-25(14-11-17)31(27,28)16-18-6-2-3-7-19(18)23/h2-9,17H,10-16H2,1H3,(H,24,26). The molecule has 1 heterocycles. The summed E-state index contributed by atoms with van der Waals surface area (Å²) in [6.45, 7) is 1.32. The number of carbonyl (C=O) groups is 1. The number of nitrogens with one attached hydrogen (secondary N) is 1. The minimum atomic E-state index is -3.48. The van der Waals surface area contributed by atoms with E-state index in [9.17, 15) is 13.2 Å². The van der Waals surface area contributed by atoms with Gasteiger partial charge in [0.1, 0.15) is 6.61 Å². The fraction of sp³-hybridized carbons (Fsp3) is 0.409. The quantitative estimate of drug-likeness (QED) is 0.574. The monoisotopic (exact) mass is 466 g/mol. The van der Waals surface area contributed by atoms with Crippen molar-refractivity contribution in [1.29, 1.82) is 0 Å². The summed E-state index contributed by atoms with van der Waals surface area (Å²) in [5.41, 5.74) is 0.582. The van der Waals surface area contributed by atoms with Crippen LogP contribution in [0.4, 0.5) is 0 Å². The first-order valence-corrected chi connectivity index (χ1v) is 12.1. The van der Waals surface area contributed by atoms with Gasteiger partial charge in [0.15, 0.2) is 11.5 Å². The molecule has 0 atom stereocenters. The largest absolute Gasteiger partial charge is 0.493 e. The van der Waals surface area contributed by atoms with Gasteiger partial charge in [-0.3, -0.25) is 4.79 Å². The van der Waals surface area contributed by atoms with E-state index in [0.717, 1.165) is 0 Å². The Morgan fingerprint density at radius 3 is 2.42 bits per heavy atom. The summed E-state index contributed by atoms with van der Waals surface area (Å²) in [5, 5.41) is 3.31. The molecule has 0 radical (unpaired) electrons. The van der Waals surface area contributed by atoms with Gasteiger partial charge in [-0.05, 0) is 36.6 Å². The van der Waals surface area contributed by atoms with Crippen LogP contribution < -0.4 is 14.8 Å². The number of sulfonamides is 1. The maximum Gasteiger partial charge on any atom is 0.223 e. The molecule has 31 heavy (non-hydrogen) atoms. The topological polar surface area (TPSA) is 84.9 Å². The molecule has 0 spiro atoms. The highest BCUT2D eigenvalue weighted by Crippen LogP contribution is 2.26. The Labute approximate surface area is 188 Å². The van der Waals surface area contributed by atoms with Gasteiger partial charge in [0, 0.05) is 24.0 Å². The van der Waals surface area contributed by atoms with Gasteiger partial charge in [0.05, 0.1) is 19.4 Å². The van der Waals surface area contributed by atoms with Gasteiger partial charge in [-0.2, -0.15) is 0 Å². The molecule has 0 aromatic heterocycles. The molecule has 7 nitrogen and oxygen atoms in total. The molecule has 0 bridgehead atoms. The lowest BCUT2D eigenvalue weighted by molar-refractivity contribution is -0.126. The third-order valence-corrected chi connectivity index (χ3v) is 7.44. The minimum absolute atomic E-state index is 0.0771. The summed E-state index contributed by atoms with van der Waals surface area (Å²) >= 11 is 6.10. The van der Waals surface area contributed by atoms with Crippen molar-refractivity contribution in [3.8, 4) is 11.5 Å². The van der Waals surface area contributed by atoms with Crippen LogP contribution in [0.1, 0.15) is 18.4 Å². The van der Waals surface area contributed by atoms with E-state index < -0.39 is 10.0 Å². The van der Waals surface area contributed by atoms with E-state index in [1.165, 1.54) is 4.31 Å².